The molecule has 0 aliphatic carbocycles. The molecular weight excluding hydrogens is 929 g/mol. The van der Waals surface area contributed by atoms with Crippen LogP contribution in [0.1, 0.15) is 52.7 Å². The van der Waals surface area contributed by atoms with Gasteiger partial charge in [-0.1, -0.05) is 224 Å². The van der Waals surface area contributed by atoms with Gasteiger partial charge in [0.1, 0.15) is 42.7 Å². The van der Waals surface area contributed by atoms with E-state index in [9.17, 15) is 25.5 Å². The van der Waals surface area contributed by atoms with Crippen molar-refractivity contribution in [1.29, 1.82) is 0 Å². The number of fused-ring (bicyclic) bond motifs is 2. The number of aliphatic hydroxyl groups excluding tert-OH is 4. The number of hydrogen-bond acceptors (Lipinski definition) is 11. The van der Waals surface area contributed by atoms with Gasteiger partial charge in [0, 0.05) is 0 Å². The minimum absolute atomic E-state index is 0.0775. The van der Waals surface area contributed by atoms with Crippen LogP contribution in [0.3, 0.4) is 0 Å². The van der Waals surface area contributed by atoms with Crippen LogP contribution in [0.25, 0.3) is 0 Å². The Balaban J connectivity index is 1.31. The lowest BCUT2D eigenvalue weighted by molar-refractivity contribution is -0.419. The van der Waals surface area contributed by atoms with Crippen molar-refractivity contribution >= 4 is 37.4 Å². The molecule has 2 bridgehead atoms. The normalized spacial score (nSPS) is 24.6. The van der Waals surface area contributed by atoms with Gasteiger partial charge in [-0.3, -0.25) is 0 Å². The molecule has 2 fully saturated rings. The van der Waals surface area contributed by atoms with Gasteiger partial charge in [0.25, 0.3) is 16.6 Å². The molecule has 2 aliphatic rings. The number of hydrogen-bond donors (Lipinski definition) is 5. The molecule has 6 aromatic carbocycles. The molecule has 2 aliphatic heterocycles. The van der Waals surface area contributed by atoms with Gasteiger partial charge >= 0.3 is 0 Å². The van der Waals surface area contributed by atoms with Crippen molar-refractivity contribution in [3.05, 3.63) is 193 Å². The van der Waals surface area contributed by atoms with Crippen LogP contribution in [0.5, 0.6) is 0 Å². The molecular formula is C58H70O11Si2. The molecule has 0 aromatic heterocycles. The largest absolute Gasteiger partial charge is 0.404 e. The van der Waals surface area contributed by atoms with E-state index in [0.29, 0.717) is 0 Å². The van der Waals surface area contributed by atoms with Crippen LogP contribution in [0.2, 0.25) is 10.1 Å². The van der Waals surface area contributed by atoms with Crippen molar-refractivity contribution in [1.82, 2.24) is 0 Å². The van der Waals surface area contributed by atoms with E-state index in [1.807, 2.05) is 182 Å². The Morgan fingerprint density at radius 2 is 0.873 bits per heavy atom. The fourth-order valence-corrected chi connectivity index (χ4v) is 20.1. The smallest absolute Gasteiger partial charge is 0.261 e. The Morgan fingerprint density at radius 1 is 0.507 bits per heavy atom. The summed E-state index contributed by atoms with van der Waals surface area (Å²) in [7, 11) is -7.07. The lowest BCUT2D eigenvalue weighted by Gasteiger charge is -2.57. The van der Waals surface area contributed by atoms with Crippen molar-refractivity contribution < 1.29 is 53.3 Å². The van der Waals surface area contributed by atoms with E-state index >= 15 is 0 Å². The first kappa shape index (κ1) is 52.6. The topological polar surface area (TPSA) is 157 Å². The quantitative estimate of drug-likeness (QED) is 0.0607. The lowest BCUT2D eigenvalue weighted by Crippen LogP contribution is -2.79. The summed E-state index contributed by atoms with van der Waals surface area (Å²) in [4.78, 5) is 0. The summed E-state index contributed by atoms with van der Waals surface area (Å²) in [5.41, 5.74) is -3.24. The highest BCUT2D eigenvalue weighted by atomic mass is 28.4. The molecule has 2 heterocycles. The van der Waals surface area contributed by atoms with Gasteiger partial charge in [-0.15, -0.1) is 0 Å². The maximum Gasteiger partial charge on any atom is 0.261 e. The zero-order valence-electron chi connectivity index (χ0n) is 41.6. The van der Waals surface area contributed by atoms with Crippen LogP contribution in [0.4, 0.5) is 0 Å². The van der Waals surface area contributed by atoms with Crippen molar-refractivity contribution in [2.75, 3.05) is 26.4 Å². The van der Waals surface area contributed by atoms with Crippen molar-refractivity contribution in [2.45, 2.75) is 112 Å². The zero-order valence-corrected chi connectivity index (χ0v) is 43.6. The van der Waals surface area contributed by atoms with E-state index in [4.69, 9.17) is 27.8 Å². The summed E-state index contributed by atoms with van der Waals surface area (Å²) < 4.78 is 41.4. The highest BCUT2D eigenvalue weighted by Crippen LogP contribution is 2.55. The van der Waals surface area contributed by atoms with Crippen LogP contribution in [-0.2, 0) is 41.0 Å². The predicted octanol–water partition coefficient (Wildman–Crippen LogP) is 5.61. The molecule has 8 rings (SSSR count). The molecule has 13 heteroatoms. The first-order valence-electron chi connectivity index (χ1n) is 24.5. The fraction of sp³-hybridized carbons (Fsp3) is 0.379. The van der Waals surface area contributed by atoms with Gasteiger partial charge in [0.2, 0.25) is 5.79 Å². The van der Waals surface area contributed by atoms with Crippen molar-refractivity contribution in [2.24, 2.45) is 0 Å². The van der Waals surface area contributed by atoms with Gasteiger partial charge in [0.15, 0.2) is 5.60 Å². The molecule has 0 spiro atoms. The van der Waals surface area contributed by atoms with Crippen LogP contribution < -0.4 is 20.7 Å². The first-order valence-corrected chi connectivity index (χ1v) is 28.3. The summed E-state index contributed by atoms with van der Waals surface area (Å²) in [6.45, 7) is 10.9. The third kappa shape index (κ3) is 9.94. The van der Waals surface area contributed by atoms with Crippen LogP contribution >= 0.6 is 0 Å². The van der Waals surface area contributed by atoms with Crippen molar-refractivity contribution in [3.63, 3.8) is 0 Å². The predicted molar refractivity (Wildman–Crippen MR) is 280 cm³/mol. The Kier molecular flexibility index (Phi) is 15.9. The molecule has 1 unspecified atom stereocenters. The molecule has 8 atom stereocenters. The van der Waals surface area contributed by atoms with Gasteiger partial charge in [0.05, 0.1) is 33.0 Å². The van der Waals surface area contributed by atoms with Gasteiger partial charge in [-0.25, -0.2) is 0 Å². The Hall–Kier alpha value is -4.69. The lowest BCUT2D eigenvalue weighted by atomic mass is 9.73. The number of aliphatic hydroxyl groups is 5. The van der Waals surface area contributed by atoms with E-state index in [2.05, 4.69) is 41.5 Å². The maximum absolute atomic E-state index is 14.3. The van der Waals surface area contributed by atoms with Gasteiger partial charge < -0.3 is 53.3 Å². The molecule has 376 valence electrons. The summed E-state index contributed by atoms with van der Waals surface area (Å²) in [6.07, 6.45) is -9.20. The second-order valence-corrected chi connectivity index (χ2v) is 29.7. The molecule has 2 saturated heterocycles. The van der Waals surface area contributed by atoms with Crippen LogP contribution in [0, 0.1) is 0 Å². The second-order valence-electron chi connectivity index (χ2n) is 21.1. The van der Waals surface area contributed by atoms with E-state index in [0.717, 1.165) is 31.9 Å². The highest BCUT2D eigenvalue weighted by Gasteiger charge is 2.79. The number of benzene rings is 6. The molecule has 0 radical (unpaired) electrons. The Morgan fingerprint density at radius 3 is 1.27 bits per heavy atom. The van der Waals surface area contributed by atoms with Crippen LogP contribution in [0.15, 0.2) is 182 Å². The monoisotopic (exact) mass is 998 g/mol. The molecule has 0 amide bonds. The average molecular weight is 999 g/mol. The number of ether oxygens (including phenoxy) is 4. The standard InChI is InChI=1S/C58H70O11Si2/c1-54(2,3)70(45-29-17-9-18-30-45,46-31-19-10-20-32-46)66-40-56(63)53(50(60)49(59)39-64-37-43-25-13-7-14-26-43)68-58(42-65-38-44-27-15-8-16-28-44)52(62)51(61)57(56,69-58)41-67-71(55(4,5)6,47-33-21-11-22-34-47)48-35-23-12-24-36-48/h7-36,49-53,59-63H,37-42H2,1-6H3/t49?,50-,51+,52+,53-,56-,57+,58-/m0/s1. The van der Waals surface area contributed by atoms with E-state index in [1.54, 1.807) is 0 Å². The summed E-state index contributed by atoms with van der Waals surface area (Å²) in [6, 6.07) is 58.5. The fourth-order valence-electron chi connectivity index (χ4n) is 10.9. The molecule has 11 nitrogen and oxygen atoms in total. The SMILES string of the molecule is CC(C)(C)[Si](OC[C@]1(O)[C@H]([C@@H](O)C(O)COCc2ccccc2)O[C@@]2(COCc3ccccc3)O[C@]1(CO[Si](c1ccccc1)(c1ccccc1)C(C)(C)C)[C@H](O)[C@H]2O)(c1ccccc1)c1ccccc1. The van der Waals surface area contributed by atoms with E-state index in [1.165, 1.54) is 0 Å². The van der Waals surface area contributed by atoms with Gasteiger partial charge in [-0.2, -0.15) is 0 Å². The molecule has 5 N–H and O–H groups in total. The molecule has 6 aromatic rings. The maximum atomic E-state index is 14.3. The van der Waals surface area contributed by atoms with Crippen molar-refractivity contribution in [3.8, 4) is 0 Å². The zero-order chi connectivity index (χ0) is 50.5. The van der Waals surface area contributed by atoms with Crippen LogP contribution in [-0.4, -0.2) is 116 Å². The Bertz CT molecular complexity index is 2510. The molecule has 71 heavy (non-hydrogen) atoms. The summed E-state index contributed by atoms with van der Waals surface area (Å²) >= 11 is 0. The van der Waals surface area contributed by atoms with Gasteiger partial charge in [-0.05, 0) is 42.0 Å². The van der Waals surface area contributed by atoms with E-state index < -0.39 is 94.0 Å². The minimum Gasteiger partial charge on any atom is -0.404 e. The minimum atomic E-state index is -3.54. The Labute approximate surface area is 420 Å². The third-order valence-electron chi connectivity index (χ3n) is 14.5. The number of rotatable bonds is 20. The first-order chi connectivity index (χ1) is 33.9. The van der Waals surface area contributed by atoms with E-state index in [-0.39, 0.29) is 19.8 Å². The molecule has 0 saturated carbocycles. The second kappa shape index (κ2) is 21.4. The highest BCUT2D eigenvalue weighted by molar-refractivity contribution is 7.00. The summed E-state index contributed by atoms with van der Waals surface area (Å²) in [5.74, 6) is -2.21. The summed E-state index contributed by atoms with van der Waals surface area (Å²) in [5, 5.41) is 67.2. The third-order valence-corrected chi connectivity index (χ3v) is 24.4. The average Bonchev–Trinajstić information content (AvgIpc) is 3.56.